The Morgan fingerprint density at radius 1 is 1.17 bits per heavy atom. The molecule has 1 saturated carbocycles. The highest BCUT2D eigenvalue weighted by Crippen LogP contribution is 2.43. The maximum atomic E-state index is 13.3. The van der Waals surface area contributed by atoms with Crippen molar-refractivity contribution in [3.8, 4) is 0 Å². The summed E-state index contributed by atoms with van der Waals surface area (Å²) in [6.07, 6.45) is 8.30. The number of ether oxygens (including phenoxy) is 1. The molecule has 24 heavy (non-hydrogen) atoms. The number of fused-ring (bicyclic) bond motifs is 2. The summed E-state index contributed by atoms with van der Waals surface area (Å²) in [7, 11) is 0. The van der Waals surface area contributed by atoms with Gasteiger partial charge in [-0.15, -0.1) is 0 Å². The van der Waals surface area contributed by atoms with Crippen molar-refractivity contribution >= 4 is 5.91 Å². The highest BCUT2D eigenvalue weighted by molar-refractivity contribution is 5.80. The highest BCUT2D eigenvalue weighted by Gasteiger charge is 2.41. The molecule has 3 aliphatic rings. The number of benzene rings is 1. The summed E-state index contributed by atoms with van der Waals surface area (Å²) in [4.78, 5) is 12.7. The summed E-state index contributed by atoms with van der Waals surface area (Å²) >= 11 is 0. The first-order valence-electron chi connectivity index (χ1n) is 8.96. The van der Waals surface area contributed by atoms with Gasteiger partial charge in [0.25, 0.3) is 0 Å². The largest absolute Gasteiger partial charge is 0.381 e. The maximum absolute atomic E-state index is 13.3. The normalized spacial score (nSPS) is 30.5. The van der Waals surface area contributed by atoms with Crippen LogP contribution in [0.5, 0.6) is 0 Å². The molecule has 2 fully saturated rings. The smallest absolute Gasteiger partial charge is 0.223 e. The Labute approximate surface area is 142 Å². The number of nitrogens with one attached hydrogen (secondary N) is 1. The Morgan fingerprint density at radius 2 is 1.92 bits per heavy atom. The highest BCUT2D eigenvalue weighted by atomic mass is 19.1. The molecule has 4 rings (SSSR count). The van der Waals surface area contributed by atoms with Crippen LogP contribution in [0, 0.1) is 23.6 Å². The average Bonchev–Trinajstić information content (AvgIpc) is 3.24. The quantitative estimate of drug-likeness (QED) is 0.862. The number of rotatable bonds is 4. The van der Waals surface area contributed by atoms with E-state index in [1.807, 2.05) is 12.1 Å². The minimum absolute atomic E-state index is 0.130. The molecule has 1 heterocycles. The lowest BCUT2D eigenvalue weighted by Gasteiger charge is -2.38. The van der Waals surface area contributed by atoms with E-state index in [-0.39, 0.29) is 23.1 Å². The first-order valence-corrected chi connectivity index (χ1v) is 8.96. The van der Waals surface area contributed by atoms with Crippen molar-refractivity contribution in [3.63, 3.8) is 0 Å². The second-order valence-electron chi connectivity index (χ2n) is 7.50. The molecule has 4 heteroatoms. The predicted octanol–water partition coefficient (Wildman–Crippen LogP) is 3.20. The van der Waals surface area contributed by atoms with Crippen LogP contribution in [0.25, 0.3) is 0 Å². The zero-order valence-corrected chi connectivity index (χ0v) is 13.8. The van der Waals surface area contributed by atoms with Gasteiger partial charge in [0.15, 0.2) is 0 Å². The SMILES string of the molecule is O=C(NCC1(c2ccc(F)cc2)CCOCC1)[C@@H]1C[C@H]2C=C[C@H]1C2. The third kappa shape index (κ3) is 2.88. The lowest BCUT2D eigenvalue weighted by atomic mass is 9.74. The van der Waals surface area contributed by atoms with Crippen LogP contribution in [0.1, 0.15) is 31.2 Å². The molecule has 1 aliphatic heterocycles. The Hall–Kier alpha value is -1.68. The molecule has 1 saturated heterocycles. The van der Waals surface area contributed by atoms with Crippen molar-refractivity contribution in [2.24, 2.45) is 17.8 Å². The monoisotopic (exact) mass is 329 g/mol. The molecule has 1 aromatic carbocycles. The number of amides is 1. The predicted molar refractivity (Wildman–Crippen MR) is 90.0 cm³/mol. The van der Waals surface area contributed by atoms with Crippen molar-refractivity contribution in [1.82, 2.24) is 5.32 Å². The van der Waals surface area contributed by atoms with Gasteiger partial charge in [0.1, 0.15) is 5.82 Å². The van der Waals surface area contributed by atoms with Gasteiger partial charge in [0.2, 0.25) is 5.91 Å². The van der Waals surface area contributed by atoms with E-state index in [2.05, 4.69) is 17.5 Å². The van der Waals surface area contributed by atoms with Gasteiger partial charge < -0.3 is 10.1 Å². The zero-order valence-electron chi connectivity index (χ0n) is 13.8. The molecule has 0 aromatic heterocycles. The minimum atomic E-state index is -0.223. The van der Waals surface area contributed by atoms with Crippen molar-refractivity contribution in [1.29, 1.82) is 0 Å². The lowest BCUT2D eigenvalue weighted by Crippen LogP contribution is -2.46. The Morgan fingerprint density at radius 3 is 2.54 bits per heavy atom. The molecule has 0 unspecified atom stereocenters. The summed E-state index contributed by atoms with van der Waals surface area (Å²) in [5, 5.41) is 3.21. The molecule has 0 spiro atoms. The van der Waals surface area contributed by atoms with E-state index in [1.54, 1.807) is 0 Å². The molecule has 3 nitrogen and oxygen atoms in total. The fourth-order valence-electron chi connectivity index (χ4n) is 4.60. The molecule has 0 radical (unpaired) electrons. The summed E-state index contributed by atoms with van der Waals surface area (Å²) < 4.78 is 18.8. The number of halogens is 1. The fraction of sp³-hybridized carbons (Fsp3) is 0.550. The van der Waals surface area contributed by atoms with Crippen LogP contribution in [0.2, 0.25) is 0 Å². The van der Waals surface area contributed by atoms with Gasteiger partial charge in [0.05, 0.1) is 0 Å². The molecular weight excluding hydrogens is 305 g/mol. The van der Waals surface area contributed by atoms with Crippen LogP contribution in [0.15, 0.2) is 36.4 Å². The van der Waals surface area contributed by atoms with E-state index in [1.165, 1.54) is 12.1 Å². The fourth-order valence-corrected chi connectivity index (χ4v) is 4.60. The van der Waals surface area contributed by atoms with E-state index in [9.17, 15) is 9.18 Å². The third-order valence-electron chi connectivity index (χ3n) is 6.12. The Kier molecular flexibility index (Phi) is 4.17. The van der Waals surface area contributed by atoms with Crippen LogP contribution in [0.3, 0.4) is 0 Å². The first kappa shape index (κ1) is 15.8. The molecule has 1 amide bonds. The lowest BCUT2D eigenvalue weighted by molar-refractivity contribution is -0.126. The Bertz CT molecular complexity index is 634. The van der Waals surface area contributed by atoms with Crippen LogP contribution in [-0.4, -0.2) is 25.7 Å². The number of carbonyl (C=O) groups is 1. The van der Waals surface area contributed by atoms with Gasteiger partial charge in [-0.3, -0.25) is 4.79 Å². The maximum Gasteiger partial charge on any atom is 0.223 e. The van der Waals surface area contributed by atoms with E-state index in [0.29, 0.717) is 31.6 Å². The van der Waals surface area contributed by atoms with E-state index in [4.69, 9.17) is 4.74 Å². The summed E-state index contributed by atoms with van der Waals surface area (Å²) in [5.74, 6) is 1.11. The van der Waals surface area contributed by atoms with Gasteiger partial charge in [-0.2, -0.15) is 0 Å². The summed E-state index contributed by atoms with van der Waals surface area (Å²) in [6, 6.07) is 6.73. The number of carbonyl (C=O) groups excluding carboxylic acids is 1. The van der Waals surface area contributed by atoms with E-state index < -0.39 is 0 Å². The third-order valence-corrected chi connectivity index (χ3v) is 6.12. The van der Waals surface area contributed by atoms with E-state index in [0.717, 1.165) is 31.2 Å². The number of hydrogen-bond acceptors (Lipinski definition) is 2. The molecule has 1 N–H and O–H groups in total. The van der Waals surface area contributed by atoms with Crippen molar-refractivity contribution in [2.75, 3.05) is 19.8 Å². The molecule has 1 aromatic rings. The van der Waals surface area contributed by atoms with Crippen LogP contribution >= 0.6 is 0 Å². The second-order valence-corrected chi connectivity index (χ2v) is 7.50. The zero-order chi connectivity index (χ0) is 16.6. The standard InChI is InChI=1S/C20H24FNO2/c21-17-5-3-16(4-6-17)20(7-9-24-10-8-20)13-22-19(23)18-12-14-1-2-15(18)11-14/h1-6,14-15,18H,7-13H2,(H,22,23)/t14-,15-,18+/m0/s1. The van der Waals surface area contributed by atoms with Gasteiger partial charge in [-0.05, 0) is 55.2 Å². The van der Waals surface area contributed by atoms with E-state index >= 15 is 0 Å². The van der Waals surface area contributed by atoms with Crippen molar-refractivity contribution in [3.05, 3.63) is 47.8 Å². The number of allylic oxidation sites excluding steroid dienone is 2. The second kappa shape index (κ2) is 6.32. The van der Waals surface area contributed by atoms with Crippen LogP contribution < -0.4 is 5.32 Å². The van der Waals surface area contributed by atoms with Crippen molar-refractivity contribution in [2.45, 2.75) is 31.1 Å². The van der Waals surface area contributed by atoms with Gasteiger partial charge >= 0.3 is 0 Å². The van der Waals surface area contributed by atoms with Gasteiger partial charge in [0, 0.05) is 31.1 Å². The molecule has 3 atom stereocenters. The molecular formula is C20H24FNO2. The minimum Gasteiger partial charge on any atom is -0.381 e. The topological polar surface area (TPSA) is 38.3 Å². The summed E-state index contributed by atoms with van der Waals surface area (Å²) in [5.41, 5.74) is 0.954. The van der Waals surface area contributed by atoms with Gasteiger partial charge in [-0.1, -0.05) is 24.3 Å². The first-order chi connectivity index (χ1) is 11.7. The molecule has 2 aliphatic carbocycles. The van der Waals surface area contributed by atoms with Crippen LogP contribution in [0.4, 0.5) is 4.39 Å². The van der Waals surface area contributed by atoms with Crippen LogP contribution in [-0.2, 0) is 14.9 Å². The molecule has 128 valence electrons. The number of hydrogen-bond donors (Lipinski definition) is 1. The van der Waals surface area contributed by atoms with Gasteiger partial charge in [-0.25, -0.2) is 4.39 Å². The molecule has 2 bridgehead atoms. The Balaban J connectivity index is 1.47. The van der Waals surface area contributed by atoms with Crippen molar-refractivity contribution < 1.29 is 13.9 Å². The summed E-state index contributed by atoms with van der Waals surface area (Å²) in [6.45, 7) is 1.98. The average molecular weight is 329 g/mol.